The van der Waals surface area contributed by atoms with E-state index < -0.39 is 28.5 Å². The first-order chi connectivity index (χ1) is 16.5. The molecule has 2 atom stereocenters. The van der Waals surface area contributed by atoms with Crippen molar-refractivity contribution in [2.75, 3.05) is 23.7 Å². The zero-order valence-electron chi connectivity index (χ0n) is 20.8. The summed E-state index contributed by atoms with van der Waals surface area (Å²) in [5, 5.41) is 2.91. The number of nitrogens with one attached hydrogen (secondary N) is 1. The van der Waals surface area contributed by atoms with E-state index in [9.17, 15) is 18.0 Å². The minimum Gasteiger partial charge on any atom is -0.494 e. The van der Waals surface area contributed by atoms with Crippen LogP contribution in [0.15, 0.2) is 53.0 Å². The molecule has 8 nitrogen and oxygen atoms in total. The molecule has 1 N–H and O–H groups in total. The van der Waals surface area contributed by atoms with Crippen molar-refractivity contribution in [3.63, 3.8) is 0 Å². The van der Waals surface area contributed by atoms with Crippen LogP contribution in [0.25, 0.3) is 0 Å². The van der Waals surface area contributed by atoms with E-state index in [1.54, 1.807) is 31.2 Å². The predicted octanol–water partition coefficient (Wildman–Crippen LogP) is 3.95. The molecule has 2 rings (SSSR count). The molecular formula is C25H34BrN3O5S. The van der Waals surface area contributed by atoms with Crippen LogP contribution in [0.1, 0.15) is 39.7 Å². The van der Waals surface area contributed by atoms with Gasteiger partial charge in [-0.1, -0.05) is 35.0 Å². The van der Waals surface area contributed by atoms with Gasteiger partial charge in [0.15, 0.2) is 0 Å². The second kappa shape index (κ2) is 12.9. The first-order valence-electron chi connectivity index (χ1n) is 11.5. The Labute approximate surface area is 216 Å². The smallest absolute Gasteiger partial charge is 0.244 e. The molecular weight excluding hydrogens is 534 g/mol. The molecule has 0 aromatic heterocycles. The lowest BCUT2D eigenvalue weighted by atomic mass is 10.1. The fraction of sp³-hybridized carbons (Fsp3) is 0.440. The normalized spacial score (nSPS) is 13.0. The lowest BCUT2D eigenvalue weighted by Crippen LogP contribution is -2.52. The van der Waals surface area contributed by atoms with Crippen molar-refractivity contribution in [3.8, 4) is 5.75 Å². The number of carbonyl (C=O) groups excluding carboxylic acids is 2. The van der Waals surface area contributed by atoms with Gasteiger partial charge in [0.25, 0.3) is 0 Å². The Bertz CT molecular complexity index is 1110. The zero-order chi connectivity index (χ0) is 26.2. The third kappa shape index (κ3) is 8.54. The van der Waals surface area contributed by atoms with E-state index in [0.717, 1.165) is 27.0 Å². The number of halogens is 1. The van der Waals surface area contributed by atoms with Gasteiger partial charge in [-0.25, -0.2) is 8.42 Å². The molecule has 2 aromatic rings. The summed E-state index contributed by atoms with van der Waals surface area (Å²) in [6.07, 6.45) is 1.80. The molecule has 0 spiro atoms. The third-order valence-electron chi connectivity index (χ3n) is 5.53. The minimum atomic E-state index is -3.78. The quantitative estimate of drug-likeness (QED) is 0.419. The van der Waals surface area contributed by atoms with Gasteiger partial charge in [-0.15, -0.1) is 0 Å². The Hall–Kier alpha value is -2.59. The van der Waals surface area contributed by atoms with Gasteiger partial charge < -0.3 is 15.0 Å². The Morgan fingerprint density at radius 3 is 2.29 bits per heavy atom. The van der Waals surface area contributed by atoms with E-state index in [2.05, 4.69) is 21.2 Å². The van der Waals surface area contributed by atoms with Crippen LogP contribution in [0.4, 0.5) is 5.69 Å². The maximum atomic E-state index is 13.5. The molecule has 0 heterocycles. The Balaban J connectivity index is 2.36. The summed E-state index contributed by atoms with van der Waals surface area (Å²) in [6, 6.07) is 13.1. The molecule has 192 valence electrons. The highest BCUT2D eigenvalue weighted by Gasteiger charge is 2.30. The molecule has 0 aliphatic heterocycles. The van der Waals surface area contributed by atoms with Crippen LogP contribution in [0.3, 0.4) is 0 Å². The van der Waals surface area contributed by atoms with Crippen molar-refractivity contribution in [1.29, 1.82) is 0 Å². The molecule has 0 unspecified atom stereocenters. The average molecular weight is 569 g/mol. The topological polar surface area (TPSA) is 96.0 Å². The fourth-order valence-corrected chi connectivity index (χ4v) is 4.67. The summed E-state index contributed by atoms with van der Waals surface area (Å²) < 4.78 is 32.6. The van der Waals surface area contributed by atoms with Crippen molar-refractivity contribution in [3.05, 3.63) is 58.6 Å². The second-order valence-electron chi connectivity index (χ2n) is 8.34. The van der Waals surface area contributed by atoms with Crippen molar-refractivity contribution in [2.45, 2.75) is 52.7 Å². The van der Waals surface area contributed by atoms with Crippen LogP contribution >= 0.6 is 15.9 Å². The summed E-state index contributed by atoms with van der Waals surface area (Å²) in [6.45, 7) is 7.54. The van der Waals surface area contributed by atoms with Crippen molar-refractivity contribution < 1.29 is 22.7 Å². The number of anilines is 1. The Morgan fingerprint density at radius 2 is 1.74 bits per heavy atom. The standard InChI is InChI=1S/C25H34BrN3O5S/c1-6-18(3)27-25(31)19(4)28(16-20-9-8-10-21(26)15-20)24(30)17-29(35(5,32)33)22-11-13-23(14-12-22)34-7-2/h8-15,18-19H,6-7,16-17H2,1-5H3,(H,27,31)/t18-,19+/m1/s1. The summed E-state index contributed by atoms with van der Waals surface area (Å²) >= 11 is 3.43. The molecule has 0 saturated carbocycles. The number of hydrogen-bond acceptors (Lipinski definition) is 5. The zero-order valence-corrected chi connectivity index (χ0v) is 23.2. The number of ether oxygens (including phenoxy) is 1. The first-order valence-corrected chi connectivity index (χ1v) is 14.1. The molecule has 0 aliphatic carbocycles. The molecule has 0 saturated heterocycles. The van der Waals surface area contributed by atoms with Gasteiger partial charge in [-0.3, -0.25) is 13.9 Å². The highest BCUT2D eigenvalue weighted by molar-refractivity contribution is 9.10. The number of benzene rings is 2. The van der Waals surface area contributed by atoms with Crippen LogP contribution in [0, 0.1) is 0 Å². The van der Waals surface area contributed by atoms with E-state index >= 15 is 0 Å². The molecule has 0 radical (unpaired) electrons. The summed E-state index contributed by atoms with van der Waals surface area (Å²) in [5.41, 5.74) is 1.14. The van der Waals surface area contributed by atoms with Crippen LogP contribution < -0.4 is 14.4 Å². The van der Waals surface area contributed by atoms with Crippen LogP contribution in [-0.2, 0) is 26.2 Å². The maximum Gasteiger partial charge on any atom is 0.244 e. The number of nitrogens with zero attached hydrogens (tertiary/aromatic N) is 2. The third-order valence-corrected chi connectivity index (χ3v) is 7.16. The number of hydrogen-bond donors (Lipinski definition) is 1. The first kappa shape index (κ1) is 28.6. The number of sulfonamides is 1. The molecule has 35 heavy (non-hydrogen) atoms. The SMILES string of the molecule is CCOc1ccc(N(CC(=O)N(Cc2cccc(Br)c2)[C@@H](C)C(=O)N[C@H](C)CC)S(C)(=O)=O)cc1. The minimum absolute atomic E-state index is 0.0517. The van der Waals surface area contributed by atoms with Crippen LogP contribution in [0.2, 0.25) is 0 Å². The van der Waals surface area contributed by atoms with Crippen molar-refractivity contribution in [2.24, 2.45) is 0 Å². The van der Waals surface area contributed by atoms with E-state index in [0.29, 0.717) is 18.0 Å². The van der Waals surface area contributed by atoms with Crippen molar-refractivity contribution in [1.82, 2.24) is 10.2 Å². The molecule has 10 heteroatoms. The number of amides is 2. The summed E-state index contributed by atoms with van der Waals surface area (Å²) in [5.74, 6) is -0.187. The van der Waals surface area contributed by atoms with Gasteiger partial charge in [-0.05, 0) is 69.2 Å². The van der Waals surface area contributed by atoms with Crippen LogP contribution in [0.5, 0.6) is 5.75 Å². The van der Waals surface area contributed by atoms with Crippen LogP contribution in [-0.4, -0.2) is 56.6 Å². The second-order valence-corrected chi connectivity index (χ2v) is 11.2. The number of rotatable bonds is 12. The van der Waals surface area contributed by atoms with Gasteiger partial charge >= 0.3 is 0 Å². The van der Waals surface area contributed by atoms with Gasteiger partial charge in [0, 0.05) is 17.1 Å². The van der Waals surface area contributed by atoms with E-state index in [1.165, 1.54) is 4.90 Å². The monoisotopic (exact) mass is 567 g/mol. The van der Waals surface area contributed by atoms with E-state index in [-0.39, 0.29) is 18.5 Å². The summed E-state index contributed by atoms with van der Waals surface area (Å²) in [4.78, 5) is 27.9. The largest absolute Gasteiger partial charge is 0.494 e. The fourth-order valence-electron chi connectivity index (χ4n) is 3.37. The maximum absolute atomic E-state index is 13.5. The van der Waals surface area contributed by atoms with Gasteiger partial charge in [-0.2, -0.15) is 0 Å². The molecule has 2 aromatic carbocycles. The molecule has 0 aliphatic rings. The average Bonchev–Trinajstić information content (AvgIpc) is 2.80. The predicted molar refractivity (Wildman–Crippen MR) is 142 cm³/mol. The highest BCUT2D eigenvalue weighted by Crippen LogP contribution is 2.23. The lowest BCUT2D eigenvalue weighted by Gasteiger charge is -2.32. The highest BCUT2D eigenvalue weighted by atomic mass is 79.9. The molecule has 0 bridgehead atoms. The van der Waals surface area contributed by atoms with Gasteiger partial charge in [0.2, 0.25) is 21.8 Å². The Morgan fingerprint density at radius 1 is 1.09 bits per heavy atom. The number of carbonyl (C=O) groups is 2. The van der Waals surface area contributed by atoms with Gasteiger partial charge in [0.05, 0.1) is 18.6 Å². The lowest BCUT2D eigenvalue weighted by molar-refractivity contribution is -0.139. The van der Waals surface area contributed by atoms with E-state index in [4.69, 9.17) is 4.74 Å². The van der Waals surface area contributed by atoms with Crippen molar-refractivity contribution >= 4 is 43.5 Å². The van der Waals surface area contributed by atoms with Gasteiger partial charge in [0.1, 0.15) is 18.3 Å². The Kier molecular flexibility index (Phi) is 10.6. The van der Waals surface area contributed by atoms with E-state index in [1.807, 2.05) is 45.0 Å². The summed E-state index contributed by atoms with van der Waals surface area (Å²) in [7, 11) is -3.78. The molecule has 0 fully saturated rings. The molecule has 2 amide bonds.